The third-order valence-electron chi connectivity index (χ3n) is 1.19. The summed E-state index contributed by atoms with van der Waals surface area (Å²) in [5, 5.41) is 1.15. The summed E-state index contributed by atoms with van der Waals surface area (Å²) >= 11 is 0. The first kappa shape index (κ1) is 7.47. The average molecular weight is 148 g/mol. The van der Waals surface area contributed by atoms with Gasteiger partial charge in [-0.2, -0.15) is 0 Å². The Balaban J connectivity index is 3.60. The summed E-state index contributed by atoms with van der Waals surface area (Å²) in [6, 6.07) is 0. The summed E-state index contributed by atoms with van der Waals surface area (Å²) in [6.07, 6.45) is 4.42. The van der Waals surface area contributed by atoms with Gasteiger partial charge >= 0.3 is 0 Å². The zero-order chi connectivity index (χ0) is 8.27. The van der Waals surface area contributed by atoms with E-state index < -0.39 is 0 Å². The molecule has 1 heterocycles. The maximum absolute atomic E-state index is 10.7. The van der Waals surface area contributed by atoms with Gasteiger partial charge in [-0.25, -0.2) is 4.98 Å². The smallest absolute Gasteiger partial charge is 0.266 e. The van der Waals surface area contributed by atoms with E-state index in [1.165, 1.54) is 6.20 Å². The molecule has 1 rings (SSSR count). The van der Waals surface area contributed by atoms with Gasteiger partial charge in [-0.15, -0.1) is 0 Å². The minimum atomic E-state index is -0.231. The predicted octanol–water partition coefficient (Wildman–Crippen LogP) is -0.853. The minimum Gasteiger partial charge on any atom is -0.319 e. The van der Waals surface area contributed by atoms with E-state index in [1.807, 2.05) is 0 Å². The second-order valence-corrected chi connectivity index (χ2v) is 2.01. The molecule has 0 aliphatic carbocycles. The van der Waals surface area contributed by atoms with Gasteiger partial charge in [0, 0.05) is 0 Å². The molecule has 0 spiro atoms. The van der Waals surface area contributed by atoms with Crippen LogP contribution in [0, 0.1) is 0 Å². The molecule has 0 amide bonds. The third kappa shape index (κ3) is 1.64. The Bertz CT molecular complexity index is 416. The molecule has 0 atom stereocenters. The van der Waals surface area contributed by atoms with Crippen LogP contribution < -0.4 is 16.3 Å². The fourth-order valence-electron chi connectivity index (χ4n) is 0.699. The van der Waals surface area contributed by atoms with Crippen LogP contribution in [0.2, 0.25) is 0 Å². The second-order valence-electron chi connectivity index (χ2n) is 2.01. The van der Waals surface area contributed by atoms with Crippen molar-refractivity contribution in [1.82, 2.24) is 9.97 Å². The number of rotatable bonds is 1. The molecular formula is C8H8N2O. The van der Waals surface area contributed by atoms with E-state index in [-0.39, 0.29) is 5.56 Å². The highest BCUT2D eigenvalue weighted by atomic mass is 16.1. The van der Waals surface area contributed by atoms with E-state index in [0.29, 0.717) is 10.7 Å². The van der Waals surface area contributed by atoms with Crippen molar-refractivity contribution in [3.8, 4) is 0 Å². The third-order valence-corrected chi connectivity index (χ3v) is 1.19. The molecular weight excluding hydrogens is 140 g/mol. The van der Waals surface area contributed by atoms with E-state index in [2.05, 4.69) is 23.1 Å². The summed E-state index contributed by atoms with van der Waals surface area (Å²) < 4.78 is 0. The van der Waals surface area contributed by atoms with E-state index in [4.69, 9.17) is 0 Å². The van der Waals surface area contributed by atoms with Gasteiger partial charge in [-0.3, -0.25) is 4.79 Å². The van der Waals surface area contributed by atoms with Crippen LogP contribution in [0.4, 0.5) is 0 Å². The first-order valence-corrected chi connectivity index (χ1v) is 3.11. The average Bonchev–Trinajstić information content (AvgIpc) is 1.98. The van der Waals surface area contributed by atoms with Crippen molar-refractivity contribution in [2.75, 3.05) is 0 Å². The summed E-state index contributed by atoms with van der Waals surface area (Å²) in [6.45, 7) is 7.11. The molecule has 0 radical (unpaired) electrons. The molecule has 11 heavy (non-hydrogen) atoms. The highest BCUT2D eigenvalue weighted by Crippen LogP contribution is 1.58. The molecule has 56 valence electrons. The fraction of sp³-hybridized carbons (Fsp3) is 0. The van der Waals surface area contributed by atoms with Crippen LogP contribution in [0.25, 0.3) is 12.7 Å². The first-order chi connectivity index (χ1) is 5.24. The Kier molecular flexibility index (Phi) is 2.01. The van der Waals surface area contributed by atoms with Crippen LogP contribution in [0.1, 0.15) is 0 Å². The van der Waals surface area contributed by atoms with Gasteiger partial charge in [0.25, 0.3) is 5.56 Å². The highest BCUT2D eigenvalue weighted by Gasteiger charge is 1.82. The summed E-state index contributed by atoms with van der Waals surface area (Å²) in [7, 11) is 0. The van der Waals surface area contributed by atoms with Crippen LogP contribution in [0.5, 0.6) is 0 Å². The lowest BCUT2D eigenvalue weighted by atomic mass is 10.4. The van der Waals surface area contributed by atoms with Crippen molar-refractivity contribution >= 4 is 12.7 Å². The van der Waals surface area contributed by atoms with E-state index in [0.717, 1.165) is 0 Å². The van der Waals surface area contributed by atoms with E-state index in [9.17, 15) is 4.79 Å². The van der Waals surface area contributed by atoms with Gasteiger partial charge in [0.05, 0.1) is 16.9 Å². The molecule has 1 aromatic heterocycles. The molecule has 0 saturated carbocycles. The van der Waals surface area contributed by atoms with E-state index in [1.54, 1.807) is 12.2 Å². The van der Waals surface area contributed by atoms with Crippen molar-refractivity contribution in [2.45, 2.75) is 0 Å². The zero-order valence-corrected chi connectivity index (χ0v) is 6.00. The quantitative estimate of drug-likeness (QED) is 0.563. The summed E-state index contributed by atoms with van der Waals surface area (Å²) in [5.74, 6) is 0. The number of aromatic amines is 1. The monoisotopic (exact) mass is 148 g/mol. The number of hydrogen-bond acceptors (Lipinski definition) is 2. The number of aromatic nitrogens is 2. The van der Waals surface area contributed by atoms with Crippen molar-refractivity contribution in [3.05, 3.63) is 39.9 Å². The summed E-state index contributed by atoms with van der Waals surface area (Å²) in [5.41, 5.74) is -0.231. The Morgan fingerprint density at radius 1 is 1.64 bits per heavy atom. The Hall–Kier alpha value is -1.64. The summed E-state index contributed by atoms with van der Waals surface area (Å²) in [4.78, 5) is 17.0. The molecule has 0 saturated heterocycles. The van der Waals surface area contributed by atoms with Crippen LogP contribution in [0.15, 0.2) is 23.6 Å². The van der Waals surface area contributed by atoms with Gasteiger partial charge in [0.1, 0.15) is 0 Å². The van der Waals surface area contributed by atoms with Gasteiger partial charge in [-0.05, 0) is 6.08 Å². The number of nitrogens with one attached hydrogen (secondary N) is 1. The molecule has 3 nitrogen and oxygen atoms in total. The predicted molar refractivity (Wildman–Crippen MR) is 44.3 cm³/mol. The molecule has 0 bridgehead atoms. The molecule has 0 aliphatic heterocycles. The van der Waals surface area contributed by atoms with Crippen molar-refractivity contribution in [3.63, 3.8) is 0 Å². The number of allylic oxidation sites excluding steroid dienone is 1. The zero-order valence-electron chi connectivity index (χ0n) is 6.00. The van der Waals surface area contributed by atoms with Gasteiger partial charge < -0.3 is 4.98 Å². The Morgan fingerprint density at radius 2 is 2.36 bits per heavy atom. The largest absolute Gasteiger partial charge is 0.319 e. The van der Waals surface area contributed by atoms with Crippen molar-refractivity contribution < 1.29 is 0 Å². The first-order valence-electron chi connectivity index (χ1n) is 3.11. The number of hydrogen-bond donors (Lipinski definition) is 1. The lowest BCUT2D eigenvalue weighted by molar-refractivity contribution is 1.05. The molecule has 0 unspecified atom stereocenters. The van der Waals surface area contributed by atoms with Crippen molar-refractivity contribution in [2.24, 2.45) is 0 Å². The molecule has 0 aromatic carbocycles. The molecule has 3 heteroatoms. The Labute approximate surface area is 63.4 Å². The van der Waals surface area contributed by atoms with Gasteiger partial charge in [-0.1, -0.05) is 19.2 Å². The Morgan fingerprint density at radius 3 is 3.00 bits per heavy atom. The van der Waals surface area contributed by atoms with Crippen LogP contribution in [-0.4, -0.2) is 9.97 Å². The topological polar surface area (TPSA) is 45.8 Å². The lowest BCUT2D eigenvalue weighted by Crippen LogP contribution is -2.35. The minimum absolute atomic E-state index is 0.231. The molecule has 0 aliphatic rings. The van der Waals surface area contributed by atoms with Crippen LogP contribution >= 0.6 is 0 Å². The normalized spacial score (nSPS) is 11.5. The number of nitrogens with zero attached hydrogens (tertiary/aromatic N) is 1. The second kappa shape index (κ2) is 2.96. The standard InChI is InChI=1S/C8H8N2O/c1-3-4-7-6(2)9-5-8(11)10-7/h3-5H,1-2H2,(H,10,11)/b7-4+. The fourth-order valence-corrected chi connectivity index (χ4v) is 0.699. The maximum Gasteiger partial charge on any atom is 0.266 e. The van der Waals surface area contributed by atoms with Gasteiger partial charge in [0.15, 0.2) is 0 Å². The molecule has 0 fully saturated rings. The lowest BCUT2D eigenvalue weighted by Gasteiger charge is -1.84. The molecule has 1 N–H and O–H groups in total. The van der Waals surface area contributed by atoms with Gasteiger partial charge in [0.2, 0.25) is 0 Å². The van der Waals surface area contributed by atoms with Crippen molar-refractivity contribution in [1.29, 1.82) is 0 Å². The number of H-pyrrole nitrogens is 1. The van der Waals surface area contributed by atoms with Crippen LogP contribution in [-0.2, 0) is 0 Å². The van der Waals surface area contributed by atoms with E-state index >= 15 is 0 Å². The molecule has 1 aromatic rings. The van der Waals surface area contributed by atoms with Crippen LogP contribution in [0.3, 0.4) is 0 Å². The SMILES string of the molecule is C=C/C=c1/[nH]c(=O)cnc1=C. The maximum atomic E-state index is 10.7. The highest BCUT2D eigenvalue weighted by molar-refractivity contribution is 5.31.